The standard InChI is InChI=1S/C17H19ClN2O3S/c1-20(2)14-7-4-12(5-8-14)11-19-17(21)13-6-9-15(18)16(10-13)24(3,22)23/h4-10H,11H2,1-3H3,(H,19,21). The molecule has 2 aromatic rings. The first-order valence-corrected chi connectivity index (χ1v) is 9.49. The maximum absolute atomic E-state index is 12.2. The van der Waals surface area contributed by atoms with E-state index in [0.29, 0.717) is 6.54 Å². The SMILES string of the molecule is CN(C)c1ccc(CNC(=O)c2ccc(Cl)c(S(C)(=O)=O)c2)cc1. The predicted octanol–water partition coefficient (Wildman–Crippen LogP) is 2.74. The number of hydrogen-bond acceptors (Lipinski definition) is 4. The normalized spacial score (nSPS) is 11.2. The van der Waals surface area contributed by atoms with E-state index in [0.717, 1.165) is 17.5 Å². The molecule has 1 N–H and O–H groups in total. The third kappa shape index (κ3) is 4.49. The van der Waals surface area contributed by atoms with Gasteiger partial charge in [0.1, 0.15) is 0 Å². The number of rotatable bonds is 5. The summed E-state index contributed by atoms with van der Waals surface area (Å²) in [5.41, 5.74) is 2.27. The van der Waals surface area contributed by atoms with Gasteiger partial charge in [-0.1, -0.05) is 23.7 Å². The molecule has 128 valence electrons. The zero-order valence-electron chi connectivity index (χ0n) is 13.7. The van der Waals surface area contributed by atoms with Crippen molar-refractivity contribution in [1.29, 1.82) is 0 Å². The van der Waals surface area contributed by atoms with E-state index >= 15 is 0 Å². The lowest BCUT2D eigenvalue weighted by Crippen LogP contribution is -2.23. The van der Waals surface area contributed by atoms with Gasteiger partial charge in [-0.2, -0.15) is 0 Å². The van der Waals surface area contributed by atoms with Crippen LogP contribution in [0.1, 0.15) is 15.9 Å². The third-order valence-electron chi connectivity index (χ3n) is 3.50. The van der Waals surface area contributed by atoms with Crippen LogP contribution < -0.4 is 10.2 Å². The Hall–Kier alpha value is -2.05. The van der Waals surface area contributed by atoms with Gasteiger partial charge in [0, 0.05) is 38.1 Å². The highest BCUT2D eigenvalue weighted by Crippen LogP contribution is 2.22. The fraction of sp³-hybridized carbons (Fsp3) is 0.235. The Morgan fingerprint density at radius 3 is 2.29 bits per heavy atom. The number of carbonyl (C=O) groups excluding carboxylic acids is 1. The number of anilines is 1. The summed E-state index contributed by atoms with van der Waals surface area (Å²) in [7, 11) is 0.424. The van der Waals surface area contributed by atoms with Crippen LogP contribution in [-0.4, -0.2) is 34.7 Å². The number of sulfone groups is 1. The van der Waals surface area contributed by atoms with Gasteiger partial charge in [-0.15, -0.1) is 0 Å². The van der Waals surface area contributed by atoms with Crippen molar-refractivity contribution >= 4 is 33.0 Å². The van der Waals surface area contributed by atoms with Gasteiger partial charge in [0.05, 0.1) is 9.92 Å². The van der Waals surface area contributed by atoms with Gasteiger partial charge in [-0.3, -0.25) is 4.79 Å². The molecule has 2 aromatic carbocycles. The minimum Gasteiger partial charge on any atom is -0.378 e. The molecule has 5 nitrogen and oxygen atoms in total. The van der Waals surface area contributed by atoms with Crippen molar-refractivity contribution in [2.45, 2.75) is 11.4 Å². The molecule has 0 saturated carbocycles. The van der Waals surface area contributed by atoms with Gasteiger partial charge in [0.25, 0.3) is 5.91 Å². The zero-order chi connectivity index (χ0) is 17.9. The minimum absolute atomic E-state index is 0.0489. The van der Waals surface area contributed by atoms with Crippen molar-refractivity contribution in [1.82, 2.24) is 5.32 Å². The minimum atomic E-state index is -3.49. The van der Waals surface area contributed by atoms with E-state index in [9.17, 15) is 13.2 Å². The Morgan fingerprint density at radius 2 is 1.75 bits per heavy atom. The van der Waals surface area contributed by atoms with Crippen molar-refractivity contribution in [2.75, 3.05) is 25.3 Å². The first-order valence-electron chi connectivity index (χ1n) is 7.22. The molecule has 0 aromatic heterocycles. The average molecular weight is 367 g/mol. The van der Waals surface area contributed by atoms with Gasteiger partial charge in [-0.05, 0) is 35.9 Å². The third-order valence-corrected chi connectivity index (χ3v) is 5.08. The fourth-order valence-electron chi connectivity index (χ4n) is 2.13. The Kier molecular flexibility index (Phi) is 5.51. The van der Waals surface area contributed by atoms with E-state index < -0.39 is 9.84 Å². The Labute approximate surface area is 147 Å². The molecule has 24 heavy (non-hydrogen) atoms. The number of halogens is 1. The number of carbonyl (C=O) groups is 1. The van der Waals surface area contributed by atoms with Crippen molar-refractivity contribution in [2.24, 2.45) is 0 Å². The van der Waals surface area contributed by atoms with E-state index in [-0.39, 0.29) is 21.4 Å². The molecule has 0 spiro atoms. The number of hydrogen-bond donors (Lipinski definition) is 1. The lowest BCUT2D eigenvalue weighted by molar-refractivity contribution is 0.0950. The molecule has 0 heterocycles. The largest absolute Gasteiger partial charge is 0.378 e. The molecule has 0 radical (unpaired) electrons. The molecule has 1 amide bonds. The van der Waals surface area contributed by atoms with Crippen LogP contribution in [0.5, 0.6) is 0 Å². The summed E-state index contributed by atoms with van der Waals surface area (Å²) < 4.78 is 23.3. The Morgan fingerprint density at radius 1 is 1.12 bits per heavy atom. The second-order valence-electron chi connectivity index (χ2n) is 5.66. The summed E-state index contributed by atoms with van der Waals surface area (Å²) in [5.74, 6) is -0.353. The van der Waals surface area contributed by atoms with Crippen molar-refractivity contribution in [3.8, 4) is 0 Å². The highest BCUT2D eigenvalue weighted by atomic mass is 35.5. The number of nitrogens with one attached hydrogen (secondary N) is 1. The first-order chi connectivity index (χ1) is 11.2. The van der Waals surface area contributed by atoms with Crippen LogP contribution in [0, 0.1) is 0 Å². The van der Waals surface area contributed by atoms with Crippen LogP contribution in [0.2, 0.25) is 5.02 Å². The molecular formula is C17H19ClN2O3S. The van der Waals surface area contributed by atoms with E-state index in [4.69, 9.17) is 11.6 Å². The van der Waals surface area contributed by atoms with Gasteiger partial charge < -0.3 is 10.2 Å². The van der Waals surface area contributed by atoms with Crippen molar-refractivity contribution in [3.63, 3.8) is 0 Å². The summed E-state index contributed by atoms with van der Waals surface area (Å²) >= 11 is 5.88. The average Bonchev–Trinajstić information content (AvgIpc) is 2.52. The Balaban J connectivity index is 2.10. The lowest BCUT2D eigenvalue weighted by atomic mass is 10.1. The summed E-state index contributed by atoms with van der Waals surface area (Å²) in [6.07, 6.45) is 1.06. The van der Waals surface area contributed by atoms with Gasteiger partial charge in [0.15, 0.2) is 9.84 Å². The van der Waals surface area contributed by atoms with Crippen LogP contribution in [0.25, 0.3) is 0 Å². The highest BCUT2D eigenvalue weighted by Gasteiger charge is 2.15. The zero-order valence-corrected chi connectivity index (χ0v) is 15.3. The quantitative estimate of drug-likeness (QED) is 0.883. The first kappa shape index (κ1) is 18.3. The van der Waals surface area contributed by atoms with Crippen LogP contribution in [0.15, 0.2) is 47.4 Å². The molecule has 0 aliphatic carbocycles. The smallest absolute Gasteiger partial charge is 0.251 e. The van der Waals surface area contributed by atoms with E-state index in [1.54, 1.807) is 0 Å². The summed E-state index contributed by atoms with van der Waals surface area (Å²) in [6, 6.07) is 12.0. The van der Waals surface area contributed by atoms with Gasteiger partial charge in [0.2, 0.25) is 0 Å². The fourth-order valence-corrected chi connectivity index (χ4v) is 3.43. The van der Waals surface area contributed by atoms with Crippen LogP contribution in [0.3, 0.4) is 0 Å². The van der Waals surface area contributed by atoms with Gasteiger partial charge >= 0.3 is 0 Å². The number of nitrogens with zero attached hydrogens (tertiary/aromatic N) is 1. The maximum atomic E-state index is 12.2. The molecule has 0 bridgehead atoms. The van der Waals surface area contributed by atoms with Crippen LogP contribution >= 0.6 is 11.6 Å². The molecule has 0 unspecified atom stereocenters. The molecule has 0 aliphatic heterocycles. The molecule has 0 fully saturated rings. The van der Waals surface area contributed by atoms with E-state index in [1.165, 1.54) is 18.2 Å². The molecular weight excluding hydrogens is 348 g/mol. The van der Waals surface area contributed by atoms with Crippen LogP contribution in [0.4, 0.5) is 5.69 Å². The summed E-state index contributed by atoms with van der Waals surface area (Å²) in [6.45, 7) is 0.351. The van der Waals surface area contributed by atoms with Crippen LogP contribution in [-0.2, 0) is 16.4 Å². The molecule has 0 saturated heterocycles. The Bertz CT molecular complexity index is 847. The molecule has 0 aliphatic rings. The lowest BCUT2D eigenvalue weighted by Gasteiger charge is -2.13. The summed E-state index contributed by atoms with van der Waals surface area (Å²) in [5, 5.41) is 2.88. The topological polar surface area (TPSA) is 66.5 Å². The maximum Gasteiger partial charge on any atom is 0.251 e. The second-order valence-corrected chi connectivity index (χ2v) is 8.05. The monoisotopic (exact) mass is 366 g/mol. The van der Waals surface area contributed by atoms with E-state index in [1.807, 2.05) is 43.3 Å². The van der Waals surface area contributed by atoms with Crippen molar-refractivity contribution in [3.05, 3.63) is 58.6 Å². The number of benzene rings is 2. The second kappa shape index (κ2) is 7.23. The van der Waals surface area contributed by atoms with Gasteiger partial charge in [-0.25, -0.2) is 8.42 Å². The molecule has 0 atom stereocenters. The van der Waals surface area contributed by atoms with E-state index in [2.05, 4.69) is 5.32 Å². The molecule has 2 rings (SSSR count). The predicted molar refractivity (Wildman–Crippen MR) is 96.5 cm³/mol. The number of amides is 1. The van der Waals surface area contributed by atoms with Crippen molar-refractivity contribution < 1.29 is 13.2 Å². The highest BCUT2D eigenvalue weighted by molar-refractivity contribution is 7.90. The molecule has 7 heteroatoms. The summed E-state index contributed by atoms with van der Waals surface area (Å²) in [4.78, 5) is 14.2.